The highest BCUT2D eigenvalue weighted by Gasteiger charge is 2.29. The third-order valence-electron chi connectivity index (χ3n) is 4.87. The highest BCUT2D eigenvalue weighted by atomic mass is 32.2. The topological polar surface area (TPSA) is 86.4 Å². The van der Waals surface area contributed by atoms with E-state index in [1.165, 1.54) is 16.4 Å². The van der Waals surface area contributed by atoms with Crippen molar-refractivity contribution < 1.29 is 17.6 Å². The number of aromatic amines is 1. The van der Waals surface area contributed by atoms with Crippen LogP contribution in [0, 0.1) is 5.82 Å². The predicted molar refractivity (Wildman–Crippen MR) is 102 cm³/mol. The number of amides is 1. The average Bonchev–Trinajstić information content (AvgIpc) is 2.96. The largest absolute Gasteiger partial charge is 0.336 e. The molecule has 4 rings (SSSR count). The van der Waals surface area contributed by atoms with Crippen molar-refractivity contribution in [3.63, 3.8) is 0 Å². The van der Waals surface area contributed by atoms with Crippen molar-refractivity contribution in [1.29, 1.82) is 0 Å². The molecule has 1 aliphatic rings. The zero-order valence-electron chi connectivity index (χ0n) is 15.0. The second-order valence-corrected chi connectivity index (χ2v) is 8.56. The molecule has 0 unspecified atom stereocenters. The van der Waals surface area contributed by atoms with Crippen molar-refractivity contribution >= 4 is 26.8 Å². The van der Waals surface area contributed by atoms with Crippen LogP contribution in [0.2, 0.25) is 0 Å². The third-order valence-corrected chi connectivity index (χ3v) is 6.78. The average molecular weight is 402 g/mol. The smallest absolute Gasteiger partial charge is 0.275 e. The van der Waals surface area contributed by atoms with E-state index < -0.39 is 15.8 Å². The Hall–Kier alpha value is -2.78. The quantitative estimate of drug-likeness (QED) is 0.728. The minimum atomic E-state index is -3.73. The predicted octanol–water partition coefficient (Wildman–Crippen LogP) is 2.24. The lowest BCUT2D eigenvalue weighted by atomic mass is 10.2. The number of H-pyrrole nitrogens is 1. The summed E-state index contributed by atoms with van der Waals surface area (Å²) in [7, 11) is -3.73. The zero-order valence-corrected chi connectivity index (χ0v) is 15.8. The van der Waals surface area contributed by atoms with Crippen LogP contribution in [0.25, 0.3) is 10.9 Å². The van der Waals surface area contributed by atoms with Gasteiger partial charge < -0.3 is 4.90 Å². The molecular weight excluding hydrogens is 383 g/mol. The zero-order chi connectivity index (χ0) is 19.7. The maximum absolute atomic E-state index is 13.1. The molecule has 1 aromatic heterocycles. The van der Waals surface area contributed by atoms with E-state index in [0.717, 1.165) is 23.0 Å². The van der Waals surface area contributed by atoms with Crippen LogP contribution < -0.4 is 0 Å². The van der Waals surface area contributed by atoms with Crippen LogP contribution in [-0.2, 0) is 10.0 Å². The van der Waals surface area contributed by atoms with Crippen LogP contribution in [0.4, 0.5) is 4.39 Å². The molecule has 1 N–H and O–H groups in total. The van der Waals surface area contributed by atoms with Gasteiger partial charge in [-0.2, -0.15) is 9.40 Å². The van der Waals surface area contributed by atoms with Gasteiger partial charge in [-0.05, 0) is 36.8 Å². The van der Waals surface area contributed by atoms with Crippen LogP contribution in [0.3, 0.4) is 0 Å². The summed E-state index contributed by atoms with van der Waals surface area (Å²) in [5, 5.41) is 7.73. The molecule has 1 amide bonds. The van der Waals surface area contributed by atoms with Gasteiger partial charge in [-0.3, -0.25) is 9.89 Å². The van der Waals surface area contributed by atoms with Crippen molar-refractivity contribution in [3.8, 4) is 0 Å². The van der Waals surface area contributed by atoms with E-state index in [4.69, 9.17) is 0 Å². The number of halogens is 1. The normalized spacial score (nSPS) is 16.2. The van der Waals surface area contributed by atoms with Crippen molar-refractivity contribution in [1.82, 2.24) is 19.4 Å². The van der Waals surface area contributed by atoms with E-state index in [2.05, 4.69) is 10.2 Å². The molecule has 3 aromatic rings. The molecule has 0 aliphatic carbocycles. The Labute approximate surface area is 161 Å². The van der Waals surface area contributed by atoms with Crippen LogP contribution in [0.1, 0.15) is 16.9 Å². The Balaban J connectivity index is 1.52. The van der Waals surface area contributed by atoms with Gasteiger partial charge in [0.25, 0.3) is 5.91 Å². The first-order valence-corrected chi connectivity index (χ1v) is 10.4. The van der Waals surface area contributed by atoms with Gasteiger partial charge in [-0.15, -0.1) is 0 Å². The summed E-state index contributed by atoms with van der Waals surface area (Å²) in [6.45, 7) is 1.18. The first-order valence-electron chi connectivity index (χ1n) is 8.95. The van der Waals surface area contributed by atoms with E-state index in [1.807, 2.05) is 24.3 Å². The maximum atomic E-state index is 13.1. The molecule has 9 heteroatoms. The van der Waals surface area contributed by atoms with Crippen molar-refractivity contribution in [2.75, 3.05) is 26.2 Å². The first-order chi connectivity index (χ1) is 13.5. The molecule has 146 valence electrons. The monoisotopic (exact) mass is 402 g/mol. The second-order valence-electron chi connectivity index (χ2n) is 6.62. The summed E-state index contributed by atoms with van der Waals surface area (Å²) in [6, 6.07) is 12.1. The summed E-state index contributed by atoms with van der Waals surface area (Å²) >= 11 is 0. The molecule has 0 atom stereocenters. The van der Waals surface area contributed by atoms with E-state index in [9.17, 15) is 17.6 Å². The molecule has 0 spiro atoms. The van der Waals surface area contributed by atoms with Crippen LogP contribution >= 0.6 is 0 Å². The fourth-order valence-corrected chi connectivity index (χ4v) is 4.84. The number of carbonyl (C=O) groups excluding carboxylic acids is 1. The van der Waals surface area contributed by atoms with E-state index in [1.54, 1.807) is 4.90 Å². The van der Waals surface area contributed by atoms with Gasteiger partial charge in [0, 0.05) is 31.6 Å². The number of rotatable bonds is 3. The number of hydrogen-bond acceptors (Lipinski definition) is 4. The lowest BCUT2D eigenvalue weighted by molar-refractivity contribution is 0.0760. The minimum Gasteiger partial charge on any atom is -0.336 e. The SMILES string of the molecule is O=C(c1n[nH]c2ccccc12)N1CCCN(S(=O)(=O)c2ccc(F)cc2)CC1. The fourth-order valence-electron chi connectivity index (χ4n) is 3.37. The lowest BCUT2D eigenvalue weighted by Crippen LogP contribution is -2.37. The number of hydrogen-bond donors (Lipinski definition) is 1. The number of nitrogens with one attached hydrogen (secondary N) is 1. The second kappa shape index (κ2) is 7.33. The lowest BCUT2D eigenvalue weighted by Gasteiger charge is -2.21. The Kier molecular flexibility index (Phi) is 4.86. The molecule has 1 saturated heterocycles. The first kappa shape index (κ1) is 18.6. The van der Waals surface area contributed by atoms with Gasteiger partial charge in [0.05, 0.1) is 10.4 Å². The minimum absolute atomic E-state index is 0.0481. The highest BCUT2D eigenvalue weighted by Crippen LogP contribution is 2.21. The van der Waals surface area contributed by atoms with Gasteiger partial charge in [-0.1, -0.05) is 18.2 Å². The van der Waals surface area contributed by atoms with Gasteiger partial charge in [0.15, 0.2) is 5.69 Å². The molecule has 1 fully saturated rings. The van der Waals surface area contributed by atoms with Crippen LogP contribution in [-0.4, -0.2) is 59.9 Å². The number of fused-ring (bicyclic) bond motifs is 1. The maximum Gasteiger partial charge on any atom is 0.275 e. The van der Waals surface area contributed by atoms with Crippen LogP contribution in [0.5, 0.6) is 0 Å². The van der Waals surface area contributed by atoms with E-state index in [-0.39, 0.29) is 23.9 Å². The van der Waals surface area contributed by atoms with Crippen molar-refractivity contribution in [2.24, 2.45) is 0 Å². The fraction of sp³-hybridized carbons (Fsp3) is 0.263. The molecule has 7 nitrogen and oxygen atoms in total. The van der Waals surface area contributed by atoms with Gasteiger partial charge in [-0.25, -0.2) is 12.8 Å². The Morgan fingerprint density at radius 2 is 1.75 bits per heavy atom. The number of aromatic nitrogens is 2. The Morgan fingerprint density at radius 3 is 2.54 bits per heavy atom. The van der Waals surface area contributed by atoms with Gasteiger partial charge in [0.1, 0.15) is 5.82 Å². The molecule has 2 aromatic carbocycles. The molecule has 0 saturated carbocycles. The third kappa shape index (κ3) is 3.38. The summed E-state index contributed by atoms with van der Waals surface area (Å²) in [5.74, 6) is -0.712. The summed E-state index contributed by atoms with van der Waals surface area (Å²) in [4.78, 5) is 14.6. The highest BCUT2D eigenvalue weighted by molar-refractivity contribution is 7.89. The van der Waals surface area contributed by atoms with Gasteiger partial charge >= 0.3 is 0 Å². The van der Waals surface area contributed by atoms with Crippen molar-refractivity contribution in [3.05, 3.63) is 60.0 Å². The standard InChI is InChI=1S/C19H19FN4O3S/c20-14-6-8-15(9-7-14)28(26,27)24-11-3-10-23(12-13-24)19(25)18-16-4-1-2-5-17(16)21-22-18/h1-2,4-9H,3,10-13H2,(H,21,22). The number of para-hydroxylation sites is 1. The van der Waals surface area contributed by atoms with Crippen molar-refractivity contribution in [2.45, 2.75) is 11.3 Å². The summed E-state index contributed by atoms with van der Waals surface area (Å²) < 4.78 is 40.1. The number of nitrogens with zero attached hydrogens (tertiary/aromatic N) is 3. The summed E-state index contributed by atoms with van der Waals surface area (Å²) in [6.07, 6.45) is 0.508. The number of carbonyl (C=O) groups is 1. The number of benzene rings is 2. The Bertz CT molecular complexity index is 1110. The molecule has 28 heavy (non-hydrogen) atoms. The Morgan fingerprint density at radius 1 is 1.00 bits per heavy atom. The van der Waals surface area contributed by atoms with E-state index >= 15 is 0 Å². The molecule has 0 radical (unpaired) electrons. The number of sulfonamides is 1. The van der Waals surface area contributed by atoms with Gasteiger partial charge in [0.2, 0.25) is 10.0 Å². The van der Waals surface area contributed by atoms with Crippen LogP contribution in [0.15, 0.2) is 53.4 Å². The molecule has 2 heterocycles. The molecular formula is C19H19FN4O3S. The summed E-state index contributed by atoms with van der Waals surface area (Å²) in [5.41, 5.74) is 1.12. The van der Waals surface area contributed by atoms with E-state index in [0.29, 0.717) is 25.2 Å². The molecule has 1 aliphatic heterocycles. The molecule has 0 bridgehead atoms.